The molecule has 0 aliphatic carbocycles. The Hall–Kier alpha value is -3.15. The number of ether oxygens (including phenoxy) is 1. The second kappa shape index (κ2) is 9.11. The number of benzene rings is 2. The number of nitrogens with zero attached hydrogens (tertiary/aromatic N) is 3. The summed E-state index contributed by atoms with van der Waals surface area (Å²) in [7, 11) is -3.73. The molecule has 0 spiro atoms. The van der Waals surface area contributed by atoms with Gasteiger partial charge >= 0.3 is 0 Å². The Balaban J connectivity index is 1.76. The predicted molar refractivity (Wildman–Crippen MR) is 109 cm³/mol. The van der Waals surface area contributed by atoms with Crippen molar-refractivity contribution in [1.82, 2.24) is 9.73 Å². The molecule has 1 aliphatic heterocycles. The summed E-state index contributed by atoms with van der Waals surface area (Å²) in [6.45, 7) is 2.76. The summed E-state index contributed by atoms with van der Waals surface area (Å²) in [5.41, 5.74) is 3.24. The normalized spacial score (nSPS) is 15.6. The molecule has 1 fully saturated rings. The Morgan fingerprint density at radius 3 is 2.50 bits per heavy atom. The molecule has 2 aromatic rings. The van der Waals surface area contributed by atoms with Gasteiger partial charge in [0.25, 0.3) is 11.6 Å². The van der Waals surface area contributed by atoms with Gasteiger partial charge in [-0.3, -0.25) is 14.9 Å². The third-order valence-electron chi connectivity index (χ3n) is 4.50. The van der Waals surface area contributed by atoms with E-state index in [4.69, 9.17) is 4.74 Å². The number of nitro benzene ring substituents is 1. The zero-order chi connectivity index (χ0) is 21.7. The number of morpholine rings is 1. The van der Waals surface area contributed by atoms with Crippen molar-refractivity contribution in [3.8, 4) is 0 Å². The number of hydrogen-bond acceptors (Lipinski definition) is 7. The molecule has 3 rings (SSSR count). The highest BCUT2D eigenvalue weighted by Gasteiger charge is 2.26. The van der Waals surface area contributed by atoms with Gasteiger partial charge in [0.15, 0.2) is 0 Å². The standard InChI is InChI=1S/C19H20N4O6S/c1-14(15-4-2-6-17(12-15)23(25)26)20-21-19(24)16-5-3-7-18(13-16)30(27,28)22-8-10-29-11-9-22/h2-7,12-13H,8-11H2,1H3,(H,21,24). The maximum absolute atomic E-state index is 12.8. The molecule has 0 atom stereocenters. The van der Waals surface area contributed by atoms with E-state index < -0.39 is 20.9 Å². The van der Waals surface area contributed by atoms with E-state index in [9.17, 15) is 23.3 Å². The molecule has 0 saturated carbocycles. The fourth-order valence-corrected chi connectivity index (χ4v) is 4.30. The van der Waals surface area contributed by atoms with E-state index in [1.165, 1.54) is 46.8 Å². The SMILES string of the molecule is CC(=NNC(=O)c1cccc(S(=O)(=O)N2CCOCC2)c1)c1cccc([N+](=O)[O-])c1. The quantitative estimate of drug-likeness (QED) is 0.420. The van der Waals surface area contributed by atoms with Crippen LogP contribution in [0.1, 0.15) is 22.8 Å². The van der Waals surface area contributed by atoms with Crippen molar-refractivity contribution in [3.63, 3.8) is 0 Å². The lowest BCUT2D eigenvalue weighted by atomic mass is 10.1. The fourth-order valence-electron chi connectivity index (χ4n) is 2.84. The van der Waals surface area contributed by atoms with Crippen LogP contribution in [0.15, 0.2) is 58.5 Å². The topological polar surface area (TPSA) is 131 Å². The van der Waals surface area contributed by atoms with Crippen molar-refractivity contribution < 1.29 is 22.9 Å². The zero-order valence-electron chi connectivity index (χ0n) is 16.1. The van der Waals surface area contributed by atoms with Crippen LogP contribution in [-0.4, -0.2) is 55.6 Å². The molecule has 1 amide bonds. The maximum atomic E-state index is 12.8. The number of amides is 1. The van der Waals surface area contributed by atoms with Crippen LogP contribution in [0, 0.1) is 10.1 Å². The van der Waals surface area contributed by atoms with Crippen molar-refractivity contribution in [2.24, 2.45) is 5.10 Å². The van der Waals surface area contributed by atoms with Crippen molar-refractivity contribution >= 4 is 27.3 Å². The van der Waals surface area contributed by atoms with E-state index in [-0.39, 0.29) is 29.2 Å². The first-order valence-electron chi connectivity index (χ1n) is 9.06. The zero-order valence-corrected chi connectivity index (χ0v) is 17.0. The lowest BCUT2D eigenvalue weighted by Crippen LogP contribution is -2.40. The van der Waals surface area contributed by atoms with Gasteiger partial charge in [-0.25, -0.2) is 13.8 Å². The Morgan fingerprint density at radius 1 is 1.13 bits per heavy atom. The molecule has 158 valence electrons. The maximum Gasteiger partial charge on any atom is 0.271 e. The Kier molecular flexibility index (Phi) is 6.55. The predicted octanol–water partition coefficient (Wildman–Crippen LogP) is 1.77. The minimum Gasteiger partial charge on any atom is -0.379 e. The number of nitro groups is 1. The number of hydrogen-bond donors (Lipinski definition) is 1. The van der Waals surface area contributed by atoms with Crippen LogP contribution in [0.3, 0.4) is 0 Å². The third-order valence-corrected chi connectivity index (χ3v) is 6.40. The van der Waals surface area contributed by atoms with Crippen molar-refractivity contribution in [2.45, 2.75) is 11.8 Å². The first kappa shape index (κ1) is 21.6. The van der Waals surface area contributed by atoms with E-state index in [2.05, 4.69) is 10.5 Å². The van der Waals surface area contributed by atoms with Crippen LogP contribution < -0.4 is 5.43 Å². The number of carbonyl (C=O) groups is 1. The van der Waals surface area contributed by atoms with Crippen molar-refractivity contribution in [1.29, 1.82) is 0 Å². The Morgan fingerprint density at radius 2 is 1.80 bits per heavy atom. The van der Waals surface area contributed by atoms with E-state index in [0.29, 0.717) is 24.5 Å². The molecule has 1 aliphatic rings. The van der Waals surface area contributed by atoms with Gasteiger partial charge in [-0.2, -0.15) is 9.41 Å². The molecule has 0 unspecified atom stereocenters. The highest BCUT2D eigenvalue weighted by atomic mass is 32.2. The van der Waals surface area contributed by atoms with E-state index in [1.807, 2.05) is 0 Å². The number of sulfonamides is 1. The van der Waals surface area contributed by atoms with Gasteiger partial charge in [-0.15, -0.1) is 0 Å². The van der Waals surface area contributed by atoms with Gasteiger partial charge in [-0.05, 0) is 25.1 Å². The lowest BCUT2D eigenvalue weighted by Gasteiger charge is -2.26. The van der Waals surface area contributed by atoms with Gasteiger partial charge in [0.05, 0.1) is 28.7 Å². The number of nitrogens with one attached hydrogen (secondary N) is 1. The average molecular weight is 432 g/mol. The highest BCUT2D eigenvalue weighted by molar-refractivity contribution is 7.89. The summed E-state index contributed by atoms with van der Waals surface area (Å²) < 4.78 is 32.0. The summed E-state index contributed by atoms with van der Waals surface area (Å²) in [6.07, 6.45) is 0. The first-order valence-corrected chi connectivity index (χ1v) is 10.5. The largest absolute Gasteiger partial charge is 0.379 e. The molecule has 1 N–H and O–H groups in total. The molecule has 0 bridgehead atoms. The van der Waals surface area contributed by atoms with Crippen LogP contribution in [0.4, 0.5) is 5.69 Å². The summed E-state index contributed by atoms with van der Waals surface area (Å²) in [5.74, 6) is -0.598. The van der Waals surface area contributed by atoms with Crippen LogP contribution in [0.2, 0.25) is 0 Å². The summed E-state index contributed by atoms with van der Waals surface area (Å²) >= 11 is 0. The summed E-state index contributed by atoms with van der Waals surface area (Å²) in [4.78, 5) is 22.8. The number of hydrazone groups is 1. The van der Waals surface area contributed by atoms with E-state index in [0.717, 1.165) is 0 Å². The van der Waals surface area contributed by atoms with Gasteiger partial charge < -0.3 is 4.74 Å². The molecule has 1 saturated heterocycles. The minimum absolute atomic E-state index is 0.0106. The van der Waals surface area contributed by atoms with Crippen molar-refractivity contribution in [3.05, 3.63) is 69.8 Å². The second-order valence-corrected chi connectivity index (χ2v) is 8.43. The van der Waals surface area contributed by atoms with Gasteiger partial charge in [-0.1, -0.05) is 18.2 Å². The molecular formula is C19H20N4O6S. The number of carbonyl (C=O) groups excluding carboxylic acids is 1. The van der Waals surface area contributed by atoms with Crippen molar-refractivity contribution in [2.75, 3.05) is 26.3 Å². The lowest BCUT2D eigenvalue weighted by molar-refractivity contribution is -0.384. The third kappa shape index (κ3) is 4.87. The van der Waals surface area contributed by atoms with Crippen LogP contribution in [-0.2, 0) is 14.8 Å². The summed E-state index contributed by atoms with van der Waals surface area (Å²) in [5, 5.41) is 14.9. The second-order valence-electron chi connectivity index (χ2n) is 6.49. The minimum atomic E-state index is -3.73. The first-order chi connectivity index (χ1) is 14.3. The van der Waals surface area contributed by atoms with Gasteiger partial charge in [0.2, 0.25) is 10.0 Å². The molecule has 0 aromatic heterocycles. The number of rotatable bonds is 6. The fraction of sp³-hybridized carbons (Fsp3) is 0.263. The Bertz CT molecular complexity index is 1090. The number of non-ortho nitro benzene ring substituents is 1. The average Bonchev–Trinajstić information content (AvgIpc) is 2.78. The Labute approximate surface area is 173 Å². The molecule has 10 nitrogen and oxygen atoms in total. The van der Waals surface area contributed by atoms with E-state index in [1.54, 1.807) is 13.0 Å². The van der Waals surface area contributed by atoms with Crippen LogP contribution in [0.25, 0.3) is 0 Å². The van der Waals surface area contributed by atoms with E-state index >= 15 is 0 Å². The molecule has 30 heavy (non-hydrogen) atoms. The monoisotopic (exact) mass is 432 g/mol. The molecule has 1 heterocycles. The molecule has 2 aromatic carbocycles. The molecular weight excluding hydrogens is 412 g/mol. The molecule has 11 heteroatoms. The van der Waals surface area contributed by atoms with Gasteiger partial charge in [0, 0.05) is 36.3 Å². The van der Waals surface area contributed by atoms with Gasteiger partial charge in [0.1, 0.15) is 0 Å². The summed E-state index contributed by atoms with van der Waals surface area (Å²) in [6, 6.07) is 11.5. The molecule has 0 radical (unpaired) electrons. The highest BCUT2D eigenvalue weighted by Crippen LogP contribution is 2.18. The van der Waals surface area contributed by atoms with Crippen LogP contribution in [0.5, 0.6) is 0 Å². The smallest absolute Gasteiger partial charge is 0.271 e. The van der Waals surface area contributed by atoms with Crippen LogP contribution >= 0.6 is 0 Å².